The Balaban J connectivity index is 2.12. The summed E-state index contributed by atoms with van der Waals surface area (Å²) in [5.74, 6) is 0. The third kappa shape index (κ3) is 7.67. The predicted molar refractivity (Wildman–Crippen MR) is 83.8 cm³/mol. The number of rotatable bonds is 11. The quantitative estimate of drug-likeness (QED) is 0.632. The smallest absolute Gasteiger partial charge is 0.0477 e. The van der Waals surface area contributed by atoms with E-state index in [1.165, 1.54) is 4.88 Å². The molecule has 0 fully saturated rings. The summed E-state index contributed by atoms with van der Waals surface area (Å²) in [5, 5.41) is 5.64. The van der Waals surface area contributed by atoms with E-state index >= 15 is 0 Å². The molecule has 0 amide bonds. The maximum atomic E-state index is 5.32. The third-order valence-electron chi connectivity index (χ3n) is 3.09. The summed E-state index contributed by atoms with van der Waals surface area (Å²) >= 11 is 1.84. The van der Waals surface area contributed by atoms with Gasteiger partial charge in [0.1, 0.15) is 0 Å². The van der Waals surface area contributed by atoms with Crippen LogP contribution in [0.25, 0.3) is 0 Å². The molecule has 110 valence electrons. The minimum atomic E-state index is 0.590. The van der Waals surface area contributed by atoms with Crippen molar-refractivity contribution in [2.75, 3.05) is 32.8 Å². The van der Waals surface area contributed by atoms with Gasteiger partial charge in [0.25, 0.3) is 0 Å². The molecule has 0 atom stereocenters. The predicted octanol–water partition coefficient (Wildman–Crippen LogP) is 2.97. The molecule has 0 spiro atoms. The Labute approximate surface area is 122 Å². The fourth-order valence-electron chi connectivity index (χ4n) is 1.91. The molecule has 0 aromatic carbocycles. The molecule has 1 aromatic heterocycles. The Morgan fingerprint density at radius 1 is 1.37 bits per heavy atom. The zero-order valence-electron chi connectivity index (χ0n) is 12.5. The van der Waals surface area contributed by atoms with Crippen LogP contribution in [0.3, 0.4) is 0 Å². The first-order valence-corrected chi connectivity index (χ1v) is 8.17. The number of hydrogen-bond acceptors (Lipinski definition) is 4. The molecule has 0 bridgehead atoms. The average molecular weight is 284 g/mol. The van der Waals surface area contributed by atoms with E-state index in [0.717, 1.165) is 45.8 Å². The van der Waals surface area contributed by atoms with Crippen LogP contribution >= 0.6 is 11.3 Å². The molecule has 0 radical (unpaired) electrons. The van der Waals surface area contributed by atoms with E-state index in [4.69, 9.17) is 4.74 Å². The van der Waals surface area contributed by atoms with Gasteiger partial charge in [-0.3, -0.25) is 4.90 Å². The van der Waals surface area contributed by atoms with Gasteiger partial charge in [0.05, 0.1) is 0 Å². The van der Waals surface area contributed by atoms with Crippen LogP contribution < -0.4 is 5.32 Å². The van der Waals surface area contributed by atoms with Crippen LogP contribution in [0.2, 0.25) is 0 Å². The maximum absolute atomic E-state index is 5.32. The Kier molecular flexibility index (Phi) is 9.08. The van der Waals surface area contributed by atoms with Crippen LogP contribution in [-0.4, -0.2) is 43.8 Å². The van der Waals surface area contributed by atoms with E-state index in [9.17, 15) is 0 Å². The zero-order chi connectivity index (χ0) is 13.9. The first-order valence-electron chi connectivity index (χ1n) is 7.29. The lowest BCUT2D eigenvalue weighted by Crippen LogP contribution is -2.36. The maximum Gasteiger partial charge on any atom is 0.0477 e. The second-order valence-corrected chi connectivity index (χ2v) is 5.98. The minimum Gasteiger partial charge on any atom is -0.382 e. The van der Waals surface area contributed by atoms with Gasteiger partial charge in [0.2, 0.25) is 0 Å². The number of ether oxygens (including phenoxy) is 1. The van der Waals surface area contributed by atoms with Crippen molar-refractivity contribution in [3.63, 3.8) is 0 Å². The molecule has 0 aliphatic heterocycles. The van der Waals surface area contributed by atoms with Crippen molar-refractivity contribution >= 4 is 11.3 Å². The Morgan fingerprint density at radius 3 is 2.84 bits per heavy atom. The summed E-state index contributed by atoms with van der Waals surface area (Å²) in [5.41, 5.74) is 0. The molecule has 1 N–H and O–H groups in total. The third-order valence-corrected chi connectivity index (χ3v) is 3.95. The van der Waals surface area contributed by atoms with Crippen molar-refractivity contribution in [3.05, 3.63) is 22.4 Å². The summed E-state index contributed by atoms with van der Waals surface area (Å²) in [4.78, 5) is 3.96. The van der Waals surface area contributed by atoms with Gasteiger partial charge in [-0.25, -0.2) is 0 Å². The molecule has 0 aliphatic carbocycles. The van der Waals surface area contributed by atoms with Crippen molar-refractivity contribution < 1.29 is 4.74 Å². The summed E-state index contributed by atoms with van der Waals surface area (Å²) < 4.78 is 5.32. The van der Waals surface area contributed by atoms with Gasteiger partial charge in [0, 0.05) is 43.8 Å². The number of nitrogens with one attached hydrogen (secondary N) is 1. The number of hydrogen-bond donors (Lipinski definition) is 1. The number of nitrogens with zero attached hydrogens (tertiary/aromatic N) is 1. The number of thiophene rings is 1. The Morgan fingerprint density at radius 2 is 2.21 bits per heavy atom. The zero-order valence-corrected chi connectivity index (χ0v) is 13.3. The first-order chi connectivity index (χ1) is 9.24. The van der Waals surface area contributed by atoms with Crippen LogP contribution in [-0.2, 0) is 11.3 Å². The topological polar surface area (TPSA) is 24.5 Å². The monoisotopic (exact) mass is 284 g/mol. The van der Waals surface area contributed by atoms with Gasteiger partial charge in [-0.1, -0.05) is 6.07 Å². The molecule has 1 aromatic rings. The van der Waals surface area contributed by atoms with E-state index in [1.807, 2.05) is 18.3 Å². The lowest BCUT2D eigenvalue weighted by molar-refractivity contribution is 0.144. The second kappa shape index (κ2) is 10.4. The van der Waals surface area contributed by atoms with Gasteiger partial charge in [-0.05, 0) is 45.2 Å². The van der Waals surface area contributed by atoms with Crippen LogP contribution in [0.5, 0.6) is 0 Å². The average Bonchev–Trinajstić information content (AvgIpc) is 2.89. The second-order valence-electron chi connectivity index (χ2n) is 4.94. The van der Waals surface area contributed by atoms with Gasteiger partial charge >= 0.3 is 0 Å². The van der Waals surface area contributed by atoms with Gasteiger partial charge < -0.3 is 10.1 Å². The van der Waals surface area contributed by atoms with E-state index in [1.54, 1.807) is 0 Å². The molecule has 19 heavy (non-hydrogen) atoms. The van der Waals surface area contributed by atoms with Crippen molar-refractivity contribution in [1.29, 1.82) is 0 Å². The fraction of sp³-hybridized carbons (Fsp3) is 0.733. The van der Waals surface area contributed by atoms with E-state index in [0.29, 0.717) is 6.04 Å². The van der Waals surface area contributed by atoms with Crippen molar-refractivity contribution in [2.24, 2.45) is 0 Å². The van der Waals surface area contributed by atoms with Gasteiger partial charge in [-0.15, -0.1) is 11.3 Å². The summed E-state index contributed by atoms with van der Waals surface area (Å²) in [7, 11) is 0. The van der Waals surface area contributed by atoms with Crippen molar-refractivity contribution in [2.45, 2.75) is 39.8 Å². The van der Waals surface area contributed by atoms with Crippen LogP contribution in [0, 0.1) is 0 Å². The van der Waals surface area contributed by atoms with E-state index in [2.05, 4.69) is 41.6 Å². The molecule has 0 saturated heterocycles. The fourth-order valence-corrected chi connectivity index (χ4v) is 2.64. The van der Waals surface area contributed by atoms with Crippen molar-refractivity contribution in [3.8, 4) is 0 Å². The highest BCUT2D eigenvalue weighted by Gasteiger charge is 2.09. The highest BCUT2D eigenvalue weighted by atomic mass is 32.1. The molecule has 0 unspecified atom stereocenters. The highest BCUT2D eigenvalue weighted by Crippen LogP contribution is 2.13. The summed E-state index contributed by atoms with van der Waals surface area (Å²) in [6.45, 7) is 12.5. The van der Waals surface area contributed by atoms with Gasteiger partial charge in [-0.2, -0.15) is 0 Å². The van der Waals surface area contributed by atoms with E-state index in [-0.39, 0.29) is 0 Å². The Bertz CT molecular complexity index is 301. The van der Waals surface area contributed by atoms with Crippen molar-refractivity contribution in [1.82, 2.24) is 10.2 Å². The summed E-state index contributed by atoms with van der Waals surface area (Å²) in [6.07, 6.45) is 1.10. The molecular weight excluding hydrogens is 256 g/mol. The Hall–Kier alpha value is -0.420. The lowest BCUT2D eigenvalue weighted by atomic mass is 10.3. The minimum absolute atomic E-state index is 0.590. The molecule has 1 rings (SSSR count). The SMILES string of the molecule is CCOCCCNCCN(Cc1cccs1)C(C)C. The first kappa shape index (κ1) is 16.6. The molecule has 0 aliphatic rings. The standard InChI is InChI=1S/C15H28N2OS/c1-4-18-11-6-8-16-9-10-17(14(2)3)13-15-7-5-12-19-15/h5,7,12,14,16H,4,6,8-11,13H2,1-3H3. The molecule has 1 heterocycles. The molecule has 4 heteroatoms. The molecular formula is C15H28N2OS. The molecule has 3 nitrogen and oxygen atoms in total. The normalized spacial score (nSPS) is 11.6. The van der Waals surface area contributed by atoms with Crippen LogP contribution in [0.15, 0.2) is 17.5 Å². The largest absolute Gasteiger partial charge is 0.382 e. The van der Waals surface area contributed by atoms with Crippen LogP contribution in [0.1, 0.15) is 32.1 Å². The molecule has 0 saturated carbocycles. The van der Waals surface area contributed by atoms with Crippen LogP contribution in [0.4, 0.5) is 0 Å². The lowest BCUT2D eigenvalue weighted by Gasteiger charge is -2.26. The van der Waals surface area contributed by atoms with E-state index < -0.39 is 0 Å². The van der Waals surface area contributed by atoms with Gasteiger partial charge in [0.15, 0.2) is 0 Å². The summed E-state index contributed by atoms with van der Waals surface area (Å²) in [6, 6.07) is 4.94. The highest BCUT2D eigenvalue weighted by molar-refractivity contribution is 7.09.